The number of hydrogen-bond donors (Lipinski definition) is 3. The van der Waals surface area contributed by atoms with Gasteiger partial charge >= 0.3 is 0 Å². The van der Waals surface area contributed by atoms with Crippen molar-refractivity contribution in [2.24, 2.45) is 11.7 Å². The van der Waals surface area contributed by atoms with Crippen LogP contribution in [0.2, 0.25) is 0 Å². The van der Waals surface area contributed by atoms with E-state index in [1.54, 1.807) is 12.1 Å². The number of nitrogens with two attached hydrogens (primary N) is 1. The number of aromatic nitrogens is 2. The molecular formula is C31H25F5N4O3. The summed E-state index contributed by atoms with van der Waals surface area (Å²) in [6.07, 6.45) is -0.494. The van der Waals surface area contributed by atoms with Gasteiger partial charge in [0.25, 0.3) is 12.3 Å². The molecule has 4 N–H and O–H groups in total. The number of benzene rings is 2. The lowest BCUT2D eigenvalue weighted by molar-refractivity contribution is -0.122. The second kappa shape index (κ2) is 10.9. The van der Waals surface area contributed by atoms with Crippen molar-refractivity contribution in [3.05, 3.63) is 112 Å². The summed E-state index contributed by atoms with van der Waals surface area (Å²) in [5.41, 5.74) is 6.49. The smallest absolute Gasteiger partial charge is 0.278 e. The summed E-state index contributed by atoms with van der Waals surface area (Å²) < 4.78 is 71.8. The van der Waals surface area contributed by atoms with Gasteiger partial charge in [-0.2, -0.15) is 0 Å². The minimum atomic E-state index is -2.88. The van der Waals surface area contributed by atoms with E-state index < -0.39 is 54.4 Å². The normalized spacial score (nSPS) is 19.2. The third-order valence-electron chi connectivity index (χ3n) is 8.06. The zero-order valence-electron chi connectivity index (χ0n) is 22.4. The number of rotatable bonds is 9. The first kappa shape index (κ1) is 28.5. The number of nitrogens with one attached hydrogen (secondary N) is 1. The summed E-state index contributed by atoms with van der Waals surface area (Å²) in [7, 11) is 0. The fourth-order valence-corrected chi connectivity index (χ4v) is 6.15. The van der Waals surface area contributed by atoms with Crippen molar-refractivity contribution >= 4 is 11.8 Å². The summed E-state index contributed by atoms with van der Waals surface area (Å²) in [5, 5.41) is 13.2. The molecule has 0 bridgehead atoms. The molecule has 2 aliphatic rings. The lowest BCUT2D eigenvalue weighted by Gasteiger charge is -2.22. The Kier molecular flexibility index (Phi) is 7.25. The number of alkyl halides is 2. The molecule has 2 heterocycles. The fraction of sp³-hybridized carbons (Fsp3) is 0.258. The number of nitrogens with zero attached hydrogens (tertiary/aromatic N) is 2. The van der Waals surface area contributed by atoms with Gasteiger partial charge in [0.1, 0.15) is 24.0 Å². The largest absolute Gasteiger partial charge is 0.388 e. The van der Waals surface area contributed by atoms with Crippen LogP contribution in [0.3, 0.4) is 0 Å². The minimum Gasteiger partial charge on any atom is -0.388 e. The number of carbonyl (C=O) groups excluding carboxylic acids is 2. The summed E-state index contributed by atoms with van der Waals surface area (Å²) >= 11 is 0. The van der Waals surface area contributed by atoms with E-state index in [1.165, 1.54) is 24.5 Å². The van der Waals surface area contributed by atoms with E-state index >= 15 is 0 Å². The highest BCUT2D eigenvalue weighted by Crippen LogP contribution is 2.63. The van der Waals surface area contributed by atoms with Crippen molar-refractivity contribution in [2.75, 3.05) is 0 Å². The van der Waals surface area contributed by atoms with E-state index in [4.69, 9.17) is 5.73 Å². The molecule has 43 heavy (non-hydrogen) atoms. The molecule has 4 atom stereocenters. The second-order valence-electron chi connectivity index (χ2n) is 10.9. The average molecular weight is 597 g/mol. The highest BCUT2D eigenvalue weighted by molar-refractivity contribution is 5.94. The molecule has 0 radical (unpaired) electrons. The number of hydrogen-bond acceptors (Lipinski definition) is 4. The lowest BCUT2D eigenvalue weighted by Crippen LogP contribution is -2.34. The predicted octanol–water partition coefficient (Wildman–Crippen LogP) is 5.25. The molecule has 222 valence electrons. The van der Waals surface area contributed by atoms with Crippen molar-refractivity contribution < 1.29 is 36.6 Å². The molecule has 0 spiro atoms. The molecule has 6 rings (SSSR count). The Balaban J connectivity index is 1.36. The van der Waals surface area contributed by atoms with Gasteiger partial charge in [-0.05, 0) is 71.7 Å². The topological polar surface area (TPSA) is 110 Å². The van der Waals surface area contributed by atoms with Crippen molar-refractivity contribution in [3.8, 4) is 11.1 Å². The molecule has 2 aliphatic carbocycles. The van der Waals surface area contributed by atoms with Crippen molar-refractivity contribution in [1.82, 2.24) is 14.9 Å². The van der Waals surface area contributed by atoms with Crippen molar-refractivity contribution in [2.45, 2.75) is 43.9 Å². The first-order valence-electron chi connectivity index (χ1n) is 13.5. The Labute approximate surface area is 242 Å². The molecule has 2 aromatic heterocycles. The van der Waals surface area contributed by atoms with Crippen LogP contribution in [-0.4, -0.2) is 26.5 Å². The summed E-state index contributed by atoms with van der Waals surface area (Å²) in [4.78, 5) is 29.6. The average Bonchev–Trinajstić information content (AvgIpc) is 3.57. The zero-order valence-corrected chi connectivity index (χ0v) is 22.4. The summed E-state index contributed by atoms with van der Waals surface area (Å²) in [5.74, 6) is -4.46. The number of carbonyl (C=O) groups is 2. The number of aliphatic hydroxyl groups excluding tert-OH is 1. The van der Waals surface area contributed by atoms with Crippen molar-refractivity contribution in [3.63, 3.8) is 0 Å². The molecule has 0 saturated heterocycles. The number of halogens is 5. The highest BCUT2D eigenvalue weighted by Gasteiger charge is 2.54. The number of aliphatic hydroxyl groups is 1. The predicted molar refractivity (Wildman–Crippen MR) is 144 cm³/mol. The molecule has 7 nitrogen and oxygen atoms in total. The second-order valence-corrected chi connectivity index (χ2v) is 10.9. The van der Waals surface area contributed by atoms with E-state index in [-0.39, 0.29) is 40.8 Å². The first-order chi connectivity index (χ1) is 20.5. The van der Waals surface area contributed by atoms with Gasteiger partial charge in [-0.1, -0.05) is 12.1 Å². The fourth-order valence-electron chi connectivity index (χ4n) is 6.15. The standard InChI is InChI=1S/C31H25F5N4O3/c32-16-6-14(7-17(33)10-16)8-24(27-18(2-1-5-38-27)15-3-4-23(34)21(9-15)31(37)43)39-25(41)13-40-12-22-26(28(40)30(35)36)19-11-20(19)29(22)42/h1-7,9-10,12,19-20,24,29-30,42H,8,11,13H2,(H2,37,43)(H,39,41)/t19?,20?,24-,29?/m0/s1. The molecule has 3 unspecified atom stereocenters. The van der Waals surface area contributed by atoms with Crippen LogP contribution in [0.4, 0.5) is 22.0 Å². The Morgan fingerprint density at radius 3 is 2.53 bits per heavy atom. The number of primary amides is 1. The van der Waals surface area contributed by atoms with E-state index in [1.807, 2.05) is 0 Å². The molecule has 4 aromatic rings. The molecule has 2 amide bonds. The Morgan fingerprint density at radius 1 is 1.09 bits per heavy atom. The van der Waals surface area contributed by atoms with E-state index in [0.717, 1.165) is 22.8 Å². The summed E-state index contributed by atoms with van der Waals surface area (Å²) in [6.45, 7) is -0.519. The molecule has 1 fully saturated rings. The highest BCUT2D eigenvalue weighted by atomic mass is 19.3. The Hall–Kier alpha value is -4.58. The van der Waals surface area contributed by atoms with Gasteiger partial charge in [-0.15, -0.1) is 0 Å². The van der Waals surface area contributed by atoms with Crippen LogP contribution >= 0.6 is 0 Å². The van der Waals surface area contributed by atoms with Crippen LogP contribution in [0.15, 0.2) is 60.9 Å². The minimum absolute atomic E-state index is 0.0776. The number of pyridine rings is 1. The lowest BCUT2D eigenvalue weighted by atomic mass is 9.94. The van der Waals surface area contributed by atoms with Gasteiger partial charge < -0.3 is 20.7 Å². The number of fused-ring (bicyclic) bond motifs is 3. The van der Waals surface area contributed by atoms with Gasteiger partial charge in [0, 0.05) is 29.6 Å². The van der Waals surface area contributed by atoms with E-state index in [9.17, 15) is 36.6 Å². The quantitative estimate of drug-likeness (QED) is 0.229. The first-order valence-corrected chi connectivity index (χ1v) is 13.5. The van der Waals surface area contributed by atoms with Gasteiger partial charge in [0.15, 0.2) is 0 Å². The maximum Gasteiger partial charge on any atom is 0.278 e. The maximum absolute atomic E-state index is 14.2. The van der Waals surface area contributed by atoms with Crippen LogP contribution in [0.1, 0.15) is 69.3 Å². The third-order valence-corrected chi connectivity index (χ3v) is 8.06. The van der Waals surface area contributed by atoms with Gasteiger partial charge in [0.05, 0.1) is 29.1 Å². The maximum atomic E-state index is 14.2. The molecule has 0 aliphatic heterocycles. The molecule has 2 aromatic carbocycles. The van der Waals surface area contributed by atoms with Crippen LogP contribution in [0.25, 0.3) is 11.1 Å². The summed E-state index contributed by atoms with van der Waals surface area (Å²) in [6, 6.07) is 8.68. The third kappa shape index (κ3) is 5.38. The molecule has 1 saturated carbocycles. The Bertz CT molecular complexity index is 1740. The molecular weight excluding hydrogens is 571 g/mol. The van der Waals surface area contributed by atoms with E-state index in [0.29, 0.717) is 34.7 Å². The number of amides is 2. The van der Waals surface area contributed by atoms with Crippen LogP contribution < -0.4 is 11.1 Å². The van der Waals surface area contributed by atoms with Gasteiger partial charge in [0.2, 0.25) is 5.91 Å². The van der Waals surface area contributed by atoms with Gasteiger partial charge in [-0.3, -0.25) is 14.6 Å². The molecule has 12 heteroatoms. The Morgan fingerprint density at radius 2 is 1.84 bits per heavy atom. The van der Waals surface area contributed by atoms with Crippen molar-refractivity contribution in [1.29, 1.82) is 0 Å². The van der Waals surface area contributed by atoms with Crippen LogP contribution in [0.5, 0.6) is 0 Å². The van der Waals surface area contributed by atoms with Crippen LogP contribution in [0, 0.1) is 23.4 Å². The van der Waals surface area contributed by atoms with E-state index in [2.05, 4.69) is 10.3 Å². The van der Waals surface area contributed by atoms with Crippen LogP contribution in [-0.2, 0) is 17.8 Å². The monoisotopic (exact) mass is 596 g/mol. The SMILES string of the molecule is NC(=O)c1cc(-c2cccnc2[C@H](Cc2cc(F)cc(F)c2)NC(=O)Cn2cc3c(c2C(F)F)C2CC2C3O)ccc1F. The zero-order chi connectivity index (χ0) is 30.6. The van der Waals surface area contributed by atoms with Gasteiger partial charge in [-0.25, -0.2) is 22.0 Å².